The van der Waals surface area contributed by atoms with Crippen molar-refractivity contribution in [3.05, 3.63) is 23.6 Å². The largest absolute Gasteiger partial charge is 0.411 e. The minimum absolute atomic E-state index is 0.697. The zero-order valence-corrected chi connectivity index (χ0v) is 6.32. The van der Waals surface area contributed by atoms with Gasteiger partial charge in [-0.25, -0.2) is 4.98 Å². The molecule has 4 nitrogen and oxygen atoms in total. The van der Waals surface area contributed by atoms with E-state index >= 15 is 0 Å². The minimum Gasteiger partial charge on any atom is -0.411 e. The number of hydrogen-bond donors (Lipinski definition) is 1. The van der Waals surface area contributed by atoms with Crippen LogP contribution in [0.1, 0.15) is 5.69 Å². The van der Waals surface area contributed by atoms with E-state index in [1.807, 2.05) is 16.0 Å². The summed E-state index contributed by atoms with van der Waals surface area (Å²) >= 11 is 1.56. The van der Waals surface area contributed by atoms with Crippen LogP contribution in [0, 0.1) is 0 Å². The molecule has 0 amide bonds. The molecule has 0 aliphatic carbocycles. The Balaban J connectivity index is 2.68. The van der Waals surface area contributed by atoms with Crippen molar-refractivity contribution in [2.45, 2.75) is 0 Å². The molecule has 11 heavy (non-hydrogen) atoms. The summed E-state index contributed by atoms with van der Waals surface area (Å²) in [4.78, 5) is 5.00. The average Bonchev–Trinajstić information content (AvgIpc) is 2.53. The molecule has 2 aromatic rings. The van der Waals surface area contributed by atoms with Crippen molar-refractivity contribution in [1.82, 2.24) is 9.38 Å². The van der Waals surface area contributed by atoms with Crippen LogP contribution in [-0.2, 0) is 0 Å². The third-order valence-corrected chi connectivity index (χ3v) is 2.26. The van der Waals surface area contributed by atoms with Crippen LogP contribution in [0.15, 0.2) is 23.1 Å². The van der Waals surface area contributed by atoms with Gasteiger partial charge in [-0.15, -0.1) is 11.3 Å². The number of rotatable bonds is 1. The van der Waals surface area contributed by atoms with E-state index in [-0.39, 0.29) is 0 Å². The first-order valence-electron chi connectivity index (χ1n) is 2.99. The quantitative estimate of drug-likeness (QED) is 0.394. The highest BCUT2D eigenvalue weighted by Gasteiger charge is 2.01. The molecule has 2 rings (SSSR count). The molecule has 0 aliphatic heterocycles. The Kier molecular flexibility index (Phi) is 1.36. The zero-order chi connectivity index (χ0) is 7.68. The van der Waals surface area contributed by atoms with E-state index in [1.165, 1.54) is 6.21 Å². The van der Waals surface area contributed by atoms with Gasteiger partial charge in [0.25, 0.3) is 0 Å². The molecule has 0 aromatic carbocycles. The van der Waals surface area contributed by atoms with Crippen molar-refractivity contribution in [2.24, 2.45) is 5.16 Å². The van der Waals surface area contributed by atoms with E-state index in [0.717, 1.165) is 4.83 Å². The predicted octanol–water partition coefficient (Wildman–Crippen LogP) is 1.20. The summed E-state index contributed by atoms with van der Waals surface area (Å²) in [6, 6.07) is 0. The number of aromatic nitrogens is 2. The first kappa shape index (κ1) is 6.36. The average molecular weight is 167 g/mol. The summed E-state index contributed by atoms with van der Waals surface area (Å²) in [5.41, 5.74) is 0.697. The van der Waals surface area contributed by atoms with Crippen LogP contribution in [0.25, 0.3) is 4.83 Å². The van der Waals surface area contributed by atoms with Crippen LogP contribution in [0.5, 0.6) is 0 Å². The maximum Gasteiger partial charge on any atom is 0.128 e. The second-order valence-corrected chi connectivity index (χ2v) is 2.88. The van der Waals surface area contributed by atoms with Crippen molar-refractivity contribution in [3.63, 3.8) is 0 Å². The maximum absolute atomic E-state index is 8.26. The lowest BCUT2D eigenvalue weighted by Gasteiger charge is -1.79. The van der Waals surface area contributed by atoms with Crippen molar-refractivity contribution < 1.29 is 5.21 Å². The van der Waals surface area contributed by atoms with E-state index in [0.29, 0.717) is 5.69 Å². The van der Waals surface area contributed by atoms with Gasteiger partial charge in [0.15, 0.2) is 0 Å². The second-order valence-electron chi connectivity index (χ2n) is 1.99. The van der Waals surface area contributed by atoms with Gasteiger partial charge < -0.3 is 5.21 Å². The van der Waals surface area contributed by atoms with Crippen molar-refractivity contribution in [3.8, 4) is 0 Å². The van der Waals surface area contributed by atoms with Gasteiger partial charge in [0.05, 0.1) is 6.21 Å². The lowest BCUT2D eigenvalue weighted by molar-refractivity contribution is 0.322. The molecule has 0 radical (unpaired) electrons. The van der Waals surface area contributed by atoms with Crippen LogP contribution < -0.4 is 0 Å². The van der Waals surface area contributed by atoms with E-state index < -0.39 is 0 Å². The van der Waals surface area contributed by atoms with Crippen LogP contribution >= 0.6 is 11.3 Å². The highest BCUT2D eigenvalue weighted by Crippen LogP contribution is 2.13. The molecule has 0 saturated carbocycles. The van der Waals surface area contributed by atoms with Gasteiger partial charge in [-0.2, -0.15) is 0 Å². The molecule has 56 valence electrons. The molecular formula is C6H5N3OS. The van der Waals surface area contributed by atoms with Crippen LogP contribution in [-0.4, -0.2) is 20.8 Å². The van der Waals surface area contributed by atoms with Gasteiger partial charge in [-0.3, -0.25) is 4.40 Å². The molecule has 0 aliphatic rings. The molecule has 0 spiro atoms. The molecule has 5 heteroatoms. The van der Waals surface area contributed by atoms with Gasteiger partial charge in [0.1, 0.15) is 16.9 Å². The highest BCUT2D eigenvalue weighted by atomic mass is 32.1. The first-order chi connectivity index (χ1) is 5.42. The molecule has 0 bridgehead atoms. The van der Waals surface area contributed by atoms with Gasteiger partial charge in [-0.05, 0) is 0 Å². The maximum atomic E-state index is 8.26. The first-order valence-corrected chi connectivity index (χ1v) is 3.87. The molecule has 2 heterocycles. The lowest BCUT2D eigenvalue weighted by atomic mass is 10.5. The molecule has 2 aromatic heterocycles. The second kappa shape index (κ2) is 2.35. The zero-order valence-electron chi connectivity index (χ0n) is 5.51. The van der Waals surface area contributed by atoms with Crippen LogP contribution in [0.2, 0.25) is 0 Å². The Labute approximate surface area is 66.4 Å². The fourth-order valence-electron chi connectivity index (χ4n) is 0.895. The highest BCUT2D eigenvalue weighted by molar-refractivity contribution is 7.15. The normalized spacial score (nSPS) is 11.6. The summed E-state index contributed by atoms with van der Waals surface area (Å²) < 4.78 is 1.88. The number of nitrogens with zero attached hydrogens (tertiary/aromatic N) is 3. The number of fused-ring (bicyclic) bond motifs is 1. The fraction of sp³-hybridized carbons (Fsp3) is 0. The molecule has 0 unspecified atom stereocenters. The van der Waals surface area contributed by atoms with Crippen molar-refractivity contribution in [1.29, 1.82) is 0 Å². The van der Waals surface area contributed by atoms with Crippen LogP contribution in [0.4, 0.5) is 0 Å². The van der Waals surface area contributed by atoms with E-state index in [1.54, 1.807) is 17.7 Å². The smallest absolute Gasteiger partial charge is 0.128 e. The van der Waals surface area contributed by atoms with E-state index in [2.05, 4.69) is 10.1 Å². The lowest BCUT2D eigenvalue weighted by Crippen LogP contribution is -1.78. The summed E-state index contributed by atoms with van der Waals surface area (Å²) in [6.07, 6.45) is 4.91. The summed E-state index contributed by atoms with van der Waals surface area (Å²) in [7, 11) is 0. The Morgan fingerprint density at radius 2 is 2.64 bits per heavy atom. The third kappa shape index (κ3) is 0.894. The van der Waals surface area contributed by atoms with Crippen LogP contribution in [0.3, 0.4) is 0 Å². The van der Waals surface area contributed by atoms with Gasteiger partial charge >= 0.3 is 0 Å². The fourth-order valence-corrected chi connectivity index (χ4v) is 1.67. The predicted molar refractivity (Wildman–Crippen MR) is 42.4 cm³/mol. The monoisotopic (exact) mass is 167 g/mol. The van der Waals surface area contributed by atoms with E-state index in [9.17, 15) is 0 Å². The Morgan fingerprint density at radius 3 is 3.45 bits per heavy atom. The van der Waals surface area contributed by atoms with E-state index in [4.69, 9.17) is 5.21 Å². The number of oxime groups is 1. The molecular weight excluding hydrogens is 162 g/mol. The Morgan fingerprint density at radius 1 is 1.73 bits per heavy atom. The van der Waals surface area contributed by atoms with Crippen molar-refractivity contribution >= 4 is 22.4 Å². The SMILES string of the molecule is O/N=C\c1ncn2ccsc12. The molecule has 0 fully saturated rings. The van der Waals surface area contributed by atoms with Crippen molar-refractivity contribution in [2.75, 3.05) is 0 Å². The van der Waals surface area contributed by atoms with Gasteiger partial charge in [0.2, 0.25) is 0 Å². The number of imidazole rings is 1. The summed E-state index contributed by atoms with van der Waals surface area (Å²) in [5, 5.41) is 13.1. The number of hydrogen-bond acceptors (Lipinski definition) is 4. The molecule has 0 atom stereocenters. The summed E-state index contributed by atoms with van der Waals surface area (Å²) in [6.45, 7) is 0. The minimum atomic E-state index is 0.697. The molecule has 1 N–H and O–H groups in total. The third-order valence-electron chi connectivity index (χ3n) is 1.36. The topological polar surface area (TPSA) is 49.9 Å². The number of thiazole rings is 1. The Bertz CT molecular complexity index is 389. The standard InChI is InChI=1S/C6H5N3OS/c10-8-3-5-6-9(4-7-5)1-2-11-6/h1-4,10H/b8-3-. The van der Waals surface area contributed by atoms with Gasteiger partial charge in [0, 0.05) is 11.6 Å². The molecule has 0 saturated heterocycles. The Hall–Kier alpha value is -1.36. The summed E-state index contributed by atoms with van der Waals surface area (Å²) in [5.74, 6) is 0. The van der Waals surface area contributed by atoms with Gasteiger partial charge in [-0.1, -0.05) is 5.16 Å².